The molecule has 0 saturated heterocycles. The zero-order chi connectivity index (χ0) is 15.1. The van der Waals surface area contributed by atoms with Crippen molar-refractivity contribution in [2.75, 3.05) is 19.8 Å². The van der Waals surface area contributed by atoms with E-state index in [9.17, 15) is 13.0 Å². The van der Waals surface area contributed by atoms with Gasteiger partial charge in [-0.3, -0.25) is 4.18 Å². The van der Waals surface area contributed by atoms with Gasteiger partial charge < -0.3 is 9.29 Å². The van der Waals surface area contributed by atoms with Crippen LogP contribution in [0, 0.1) is 0 Å². The van der Waals surface area contributed by atoms with E-state index in [-0.39, 0.29) is 30.3 Å². The van der Waals surface area contributed by atoms with E-state index in [1.54, 1.807) is 0 Å². The van der Waals surface area contributed by atoms with Crippen LogP contribution in [-0.2, 0) is 36.4 Å². The van der Waals surface area contributed by atoms with E-state index in [4.69, 9.17) is 4.74 Å². The van der Waals surface area contributed by atoms with Crippen molar-refractivity contribution in [3.8, 4) is 0 Å². The van der Waals surface area contributed by atoms with Crippen LogP contribution in [-0.4, -0.2) is 32.8 Å². The van der Waals surface area contributed by atoms with Crippen molar-refractivity contribution in [1.82, 2.24) is 0 Å². The van der Waals surface area contributed by atoms with Crippen LogP contribution in [0.5, 0.6) is 0 Å². The normalized spacial score (nSPS) is 11.3. The quantitative estimate of drug-likeness (QED) is 0.192. The fourth-order valence-electron chi connectivity index (χ4n) is 1.99. The largest absolute Gasteiger partial charge is 2.00 e. The first-order valence-electron chi connectivity index (χ1n) is 7.74. The van der Waals surface area contributed by atoms with E-state index in [0.717, 1.165) is 12.8 Å². The summed E-state index contributed by atoms with van der Waals surface area (Å²) in [5.74, 6) is 0. The Morgan fingerprint density at radius 2 is 1.24 bits per heavy atom. The molecule has 0 atom stereocenters. The van der Waals surface area contributed by atoms with Gasteiger partial charge in [0.05, 0.1) is 13.2 Å². The second-order valence-corrected chi connectivity index (χ2v) is 6.08. The van der Waals surface area contributed by atoms with Gasteiger partial charge in [-0.2, -0.15) is 0 Å². The predicted molar refractivity (Wildman–Crippen MR) is 78.3 cm³/mol. The molecule has 5 nitrogen and oxygen atoms in total. The van der Waals surface area contributed by atoms with E-state index in [2.05, 4.69) is 11.1 Å². The second kappa shape index (κ2) is 16.7. The third-order valence-corrected chi connectivity index (χ3v) is 3.55. The number of hydrogen-bond donors (Lipinski definition) is 0. The first-order valence-corrected chi connectivity index (χ1v) is 9.07. The summed E-state index contributed by atoms with van der Waals surface area (Å²) in [6.45, 7) is 2.79. The van der Waals surface area contributed by atoms with Crippen molar-refractivity contribution >= 4 is 10.4 Å². The minimum Gasteiger partial charge on any atom is -0.726 e. The Morgan fingerprint density at radius 1 is 0.762 bits per heavy atom. The molecule has 0 radical (unpaired) electrons. The van der Waals surface area contributed by atoms with Crippen molar-refractivity contribution in [3.63, 3.8) is 0 Å². The zero-order valence-corrected chi connectivity index (χ0v) is 14.9. The minimum atomic E-state index is -4.57. The van der Waals surface area contributed by atoms with Crippen LogP contribution in [0.3, 0.4) is 0 Å². The maximum absolute atomic E-state index is 10.1. The summed E-state index contributed by atoms with van der Waals surface area (Å²) in [6.07, 6.45) is 12.7. The average molecular weight is 365 g/mol. The summed E-state index contributed by atoms with van der Waals surface area (Å²) in [5.41, 5.74) is 0. The summed E-state index contributed by atoms with van der Waals surface area (Å²) in [4.78, 5) is 0. The molecule has 0 aliphatic rings. The van der Waals surface area contributed by atoms with Gasteiger partial charge in [0.25, 0.3) is 0 Å². The molecule has 0 aromatic heterocycles. The molecule has 0 saturated carbocycles. The summed E-state index contributed by atoms with van der Waals surface area (Å²) in [6, 6.07) is 0. The minimum absolute atomic E-state index is 0. The molecule has 7 heteroatoms. The molecule has 0 aromatic carbocycles. The van der Waals surface area contributed by atoms with Gasteiger partial charge in [-0.05, 0) is 6.42 Å². The van der Waals surface area contributed by atoms with Crippen LogP contribution in [0.1, 0.15) is 71.1 Å². The number of unbranched alkanes of at least 4 members (excludes halogenated alkanes) is 9. The Balaban J connectivity index is 0. The molecule has 128 valence electrons. The molecule has 0 fully saturated rings. The van der Waals surface area contributed by atoms with E-state index < -0.39 is 10.4 Å². The molecule has 0 bridgehead atoms. The van der Waals surface area contributed by atoms with Gasteiger partial charge in [-0.1, -0.05) is 64.7 Å². The molecule has 21 heavy (non-hydrogen) atoms. The molecule has 0 aromatic rings. The molecular formula is C14H29FeO5S+. The maximum atomic E-state index is 10.1. The van der Waals surface area contributed by atoms with Crippen LogP contribution in [0.25, 0.3) is 0 Å². The van der Waals surface area contributed by atoms with Gasteiger partial charge in [0, 0.05) is 6.61 Å². The van der Waals surface area contributed by atoms with Crippen LogP contribution < -0.4 is 0 Å². The first-order chi connectivity index (χ1) is 9.56. The van der Waals surface area contributed by atoms with Crippen LogP contribution >= 0.6 is 0 Å². The smallest absolute Gasteiger partial charge is 0.726 e. The fraction of sp³-hybridized carbons (Fsp3) is 1.00. The van der Waals surface area contributed by atoms with E-state index in [0.29, 0.717) is 6.61 Å². The van der Waals surface area contributed by atoms with Crippen molar-refractivity contribution in [2.24, 2.45) is 0 Å². The SMILES string of the molecule is CCCCCCCCCCCCOCCOS(=O)(=O)[O-].[Fe+2]. The standard InChI is InChI=1S/C14H30O5S.Fe/c1-2-3-4-5-6-7-8-9-10-11-12-18-13-14-19-20(15,16)17;/h2-14H2,1H3,(H,15,16,17);/q;+2/p-1. The second-order valence-electron chi connectivity index (χ2n) is 5.02. The molecular weight excluding hydrogens is 336 g/mol. The van der Waals surface area contributed by atoms with E-state index in [1.807, 2.05) is 0 Å². The summed E-state index contributed by atoms with van der Waals surface area (Å²) < 4.78 is 39.5. The summed E-state index contributed by atoms with van der Waals surface area (Å²) in [7, 11) is -4.57. The van der Waals surface area contributed by atoms with E-state index in [1.165, 1.54) is 51.4 Å². The van der Waals surface area contributed by atoms with Gasteiger partial charge in [0.1, 0.15) is 0 Å². The van der Waals surface area contributed by atoms with Gasteiger partial charge in [-0.25, -0.2) is 8.42 Å². The Hall–Kier alpha value is 0.349. The molecule has 0 aliphatic carbocycles. The summed E-state index contributed by atoms with van der Waals surface area (Å²) in [5, 5.41) is 0. The number of ether oxygens (including phenoxy) is 1. The Morgan fingerprint density at radius 3 is 1.71 bits per heavy atom. The van der Waals surface area contributed by atoms with Gasteiger partial charge in [0.15, 0.2) is 0 Å². The zero-order valence-electron chi connectivity index (χ0n) is 13.0. The maximum Gasteiger partial charge on any atom is 2.00 e. The fourth-order valence-corrected chi connectivity index (χ4v) is 2.26. The average Bonchev–Trinajstić information content (AvgIpc) is 2.38. The van der Waals surface area contributed by atoms with Crippen LogP contribution in [0.15, 0.2) is 0 Å². The Labute approximate surface area is 140 Å². The molecule has 0 unspecified atom stereocenters. The monoisotopic (exact) mass is 365 g/mol. The van der Waals surface area contributed by atoms with Crippen LogP contribution in [0.4, 0.5) is 0 Å². The van der Waals surface area contributed by atoms with Crippen molar-refractivity contribution in [3.05, 3.63) is 0 Å². The Bertz CT molecular complexity index is 296. The van der Waals surface area contributed by atoms with E-state index >= 15 is 0 Å². The van der Waals surface area contributed by atoms with Crippen molar-refractivity contribution in [2.45, 2.75) is 71.1 Å². The third-order valence-electron chi connectivity index (χ3n) is 3.10. The van der Waals surface area contributed by atoms with Gasteiger partial charge >= 0.3 is 17.1 Å². The first kappa shape index (κ1) is 23.6. The molecule has 0 rings (SSSR count). The van der Waals surface area contributed by atoms with Gasteiger partial charge in [-0.15, -0.1) is 0 Å². The van der Waals surface area contributed by atoms with Gasteiger partial charge in [0.2, 0.25) is 10.4 Å². The topological polar surface area (TPSA) is 75.7 Å². The van der Waals surface area contributed by atoms with Crippen molar-refractivity contribution in [1.29, 1.82) is 0 Å². The molecule has 0 amide bonds. The number of rotatable bonds is 15. The van der Waals surface area contributed by atoms with Crippen LogP contribution in [0.2, 0.25) is 0 Å². The predicted octanol–water partition coefficient (Wildman–Crippen LogP) is 3.40. The Kier molecular flexibility index (Phi) is 18.8. The van der Waals surface area contributed by atoms with Crippen molar-refractivity contribution < 1.29 is 39.0 Å². The third kappa shape index (κ3) is 22.8. The molecule has 0 aliphatic heterocycles. The molecule has 0 spiro atoms. The molecule has 0 heterocycles. The molecule has 0 N–H and O–H groups in total. The number of hydrogen-bond acceptors (Lipinski definition) is 5. The summed E-state index contributed by atoms with van der Waals surface area (Å²) >= 11 is 0.